The van der Waals surface area contributed by atoms with Crippen LogP contribution >= 0.6 is 0 Å². The molecule has 2 N–H and O–H groups in total. The summed E-state index contributed by atoms with van der Waals surface area (Å²) in [6.45, 7) is 3.55. The Morgan fingerprint density at radius 2 is 1.88 bits per heavy atom. The maximum Gasteiger partial charge on any atom is 0.161 e. The lowest BCUT2D eigenvalue weighted by Gasteiger charge is -2.14. The lowest BCUT2D eigenvalue weighted by atomic mass is 10.1. The third-order valence-electron chi connectivity index (χ3n) is 2.15. The third-order valence-corrected chi connectivity index (χ3v) is 2.15. The van der Waals surface area contributed by atoms with Crippen molar-refractivity contribution in [3.63, 3.8) is 0 Å². The lowest BCUT2D eigenvalue weighted by Crippen LogP contribution is -2.13. The summed E-state index contributed by atoms with van der Waals surface area (Å²) in [6.07, 6.45) is -1.07. The largest absolute Gasteiger partial charge is 0.493 e. The van der Waals surface area contributed by atoms with Gasteiger partial charge in [-0.2, -0.15) is 0 Å². The number of hydrogen-bond acceptors (Lipinski definition) is 4. The molecule has 1 aromatic carbocycles. The first-order chi connectivity index (χ1) is 7.54. The van der Waals surface area contributed by atoms with E-state index < -0.39 is 12.2 Å². The van der Waals surface area contributed by atoms with Crippen LogP contribution in [0, 0.1) is 0 Å². The second-order valence-electron chi connectivity index (χ2n) is 3.75. The highest BCUT2D eigenvalue weighted by Gasteiger charge is 2.09. The molecular formula is C12H18O4. The Bertz CT molecular complexity index is 334. The highest BCUT2D eigenvalue weighted by Crippen LogP contribution is 2.30. The highest BCUT2D eigenvalue weighted by atomic mass is 16.5. The van der Waals surface area contributed by atoms with Crippen molar-refractivity contribution in [2.75, 3.05) is 13.7 Å². The molecular weight excluding hydrogens is 208 g/mol. The van der Waals surface area contributed by atoms with Gasteiger partial charge in [0.1, 0.15) is 6.61 Å². The maximum absolute atomic E-state index is 9.42. The minimum atomic E-state index is -0.542. The highest BCUT2D eigenvalue weighted by molar-refractivity contribution is 5.43. The van der Waals surface area contributed by atoms with E-state index in [2.05, 4.69) is 0 Å². The number of aliphatic hydroxyl groups is 2. The molecule has 90 valence electrons. The summed E-state index contributed by atoms with van der Waals surface area (Å²) in [5.41, 5.74) is 0.765. The monoisotopic (exact) mass is 226 g/mol. The van der Waals surface area contributed by atoms with Crippen molar-refractivity contribution in [1.29, 1.82) is 0 Å². The van der Waals surface area contributed by atoms with Gasteiger partial charge in [-0.15, -0.1) is 0 Å². The van der Waals surface area contributed by atoms with E-state index in [1.807, 2.05) is 0 Å². The fraction of sp³-hybridized carbons (Fsp3) is 0.500. The molecule has 0 aliphatic heterocycles. The van der Waals surface area contributed by atoms with Crippen LogP contribution in [0.4, 0.5) is 0 Å². The van der Waals surface area contributed by atoms with Crippen LogP contribution in [0.25, 0.3) is 0 Å². The van der Waals surface area contributed by atoms with Crippen LogP contribution in [0.2, 0.25) is 0 Å². The van der Waals surface area contributed by atoms with Gasteiger partial charge < -0.3 is 19.7 Å². The first-order valence-corrected chi connectivity index (χ1v) is 5.21. The van der Waals surface area contributed by atoms with Crippen molar-refractivity contribution in [2.45, 2.75) is 26.1 Å². The van der Waals surface area contributed by atoms with Crippen molar-refractivity contribution >= 4 is 0 Å². The van der Waals surface area contributed by atoms with Crippen molar-refractivity contribution < 1.29 is 19.7 Å². The van der Waals surface area contributed by atoms with Gasteiger partial charge in [0, 0.05) is 0 Å². The molecule has 4 heteroatoms. The van der Waals surface area contributed by atoms with Crippen molar-refractivity contribution in [3.05, 3.63) is 23.8 Å². The maximum atomic E-state index is 9.42. The lowest BCUT2D eigenvalue weighted by molar-refractivity contribution is 0.120. The summed E-state index contributed by atoms with van der Waals surface area (Å²) < 4.78 is 10.5. The molecule has 0 bridgehead atoms. The van der Waals surface area contributed by atoms with Crippen LogP contribution in [0.1, 0.15) is 25.5 Å². The van der Waals surface area contributed by atoms with Crippen molar-refractivity contribution in [3.8, 4) is 11.5 Å². The van der Waals surface area contributed by atoms with Crippen LogP contribution in [-0.2, 0) is 0 Å². The Morgan fingerprint density at radius 3 is 2.38 bits per heavy atom. The predicted molar refractivity (Wildman–Crippen MR) is 60.8 cm³/mol. The smallest absolute Gasteiger partial charge is 0.161 e. The fourth-order valence-corrected chi connectivity index (χ4v) is 1.27. The fourth-order valence-electron chi connectivity index (χ4n) is 1.27. The summed E-state index contributed by atoms with van der Waals surface area (Å²) in [6, 6.07) is 5.22. The van der Waals surface area contributed by atoms with E-state index in [4.69, 9.17) is 14.6 Å². The van der Waals surface area contributed by atoms with Crippen LogP contribution in [0.3, 0.4) is 0 Å². The summed E-state index contributed by atoms with van der Waals surface area (Å²) in [4.78, 5) is 0. The van der Waals surface area contributed by atoms with Gasteiger partial charge in [-0.3, -0.25) is 0 Å². The quantitative estimate of drug-likeness (QED) is 0.799. The Kier molecular flexibility index (Phi) is 4.58. The summed E-state index contributed by atoms with van der Waals surface area (Å²) >= 11 is 0. The summed E-state index contributed by atoms with van der Waals surface area (Å²) in [5, 5.41) is 18.5. The molecule has 0 aromatic heterocycles. The molecule has 1 rings (SSSR count). The van der Waals surface area contributed by atoms with Crippen LogP contribution < -0.4 is 9.47 Å². The molecule has 0 radical (unpaired) electrons. The molecule has 0 saturated carbocycles. The van der Waals surface area contributed by atoms with Gasteiger partial charge in [0.05, 0.1) is 19.3 Å². The van der Waals surface area contributed by atoms with Crippen LogP contribution in [0.15, 0.2) is 18.2 Å². The minimum Gasteiger partial charge on any atom is -0.493 e. The van der Waals surface area contributed by atoms with Gasteiger partial charge >= 0.3 is 0 Å². The SMILES string of the molecule is COc1cc([C@H](C)O)ccc1OCC(C)O. The van der Waals surface area contributed by atoms with E-state index >= 15 is 0 Å². The molecule has 2 atom stereocenters. The predicted octanol–water partition coefficient (Wildman–Crippen LogP) is 1.51. The number of aliphatic hydroxyl groups excluding tert-OH is 2. The molecule has 0 aliphatic carbocycles. The average molecular weight is 226 g/mol. The molecule has 0 amide bonds. The van der Waals surface area contributed by atoms with E-state index in [-0.39, 0.29) is 6.61 Å². The second-order valence-corrected chi connectivity index (χ2v) is 3.75. The van der Waals surface area contributed by atoms with E-state index in [9.17, 15) is 5.11 Å². The number of rotatable bonds is 5. The number of benzene rings is 1. The molecule has 0 spiro atoms. The van der Waals surface area contributed by atoms with E-state index in [1.54, 1.807) is 32.0 Å². The Labute approximate surface area is 95.4 Å². The number of hydrogen-bond donors (Lipinski definition) is 2. The molecule has 1 aromatic rings. The molecule has 1 unspecified atom stereocenters. The van der Waals surface area contributed by atoms with Crippen molar-refractivity contribution in [2.24, 2.45) is 0 Å². The zero-order valence-corrected chi connectivity index (χ0v) is 9.80. The first-order valence-electron chi connectivity index (χ1n) is 5.21. The standard InChI is InChI=1S/C12H18O4/c1-8(13)7-16-11-5-4-10(9(2)14)6-12(11)15-3/h4-6,8-9,13-14H,7H2,1-3H3/t8?,9-/m0/s1. The van der Waals surface area contributed by atoms with Gasteiger partial charge in [-0.1, -0.05) is 6.07 Å². The Hall–Kier alpha value is -1.26. The minimum absolute atomic E-state index is 0.213. The van der Waals surface area contributed by atoms with Gasteiger partial charge in [-0.05, 0) is 31.5 Å². The first kappa shape index (κ1) is 12.8. The zero-order valence-electron chi connectivity index (χ0n) is 9.80. The van der Waals surface area contributed by atoms with Gasteiger partial charge in [-0.25, -0.2) is 0 Å². The summed E-state index contributed by atoms with van der Waals surface area (Å²) in [5.74, 6) is 1.12. The molecule has 0 fully saturated rings. The van der Waals surface area contributed by atoms with Gasteiger partial charge in [0.2, 0.25) is 0 Å². The Morgan fingerprint density at radius 1 is 1.19 bits per heavy atom. The topological polar surface area (TPSA) is 58.9 Å². The zero-order chi connectivity index (χ0) is 12.1. The molecule has 0 heterocycles. The Balaban J connectivity index is 2.84. The van der Waals surface area contributed by atoms with E-state index in [0.717, 1.165) is 5.56 Å². The van der Waals surface area contributed by atoms with Crippen LogP contribution in [0.5, 0.6) is 11.5 Å². The second kappa shape index (κ2) is 5.72. The van der Waals surface area contributed by atoms with Gasteiger partial charge in [0.25, 0.3) is 0 Å². The molecule has 0 aliphatic rings. The normalized spacial score (nSPS) is 14.3. The molecule has 0 saturated heterocycles. The number of methoxy groups -OCH3 is 1. The van der Waals surface area contributed by atoms with Crippen molar-refractivity contribution in [1.82, 2.24) is 0 Å². The molecule has 4 nitrogen and oxygen atoms in total. The average Bonchev–Trinajstić information content (AvgIpc) is 2.25. The van der Waals surface area contributed by atoms with Crippen LogP contribution in [-0.4, -0.2) is 30.0 Å². The summed E-state index contributed by atoms with van der Waals surface area (Å²) in [7, 11) is 1.54. The van der Waals surface area contributed by atoms with E-state index in [0.29, 0.717) is 11.5 Å². The number of ether oxygens (including phenoxy) is 2. The van der Waals surface area contributed by atoms with Gasteiger partial charge in [0.15, 0.2) is 11.5 Å². The molecule has 16 heavy (non-hydrogen) atoms. The third kappa shape index (κ3) is 3.40. The van der Waals surface area contributed by atoms with E-state index in [1.165, 1.54) is 7.11 Å².